The number of rotatable bonds is 6. The average molecular weight is 507 g/mol. The number of primary amides is 1. The Morgan fingerprint density at radius 3 is 2.54 bits per heavy atom. The monoisotopic (exact) mass is 506 g/mol. The van der Waals surface area contributed by atoms with Gasteiger partial charge in [-0.15, -0.1) is 0 Å². The highest BCUT2D eigenvalue weighted by Crippen LogP contribution is 2.44. The Labute approximate surface area is 216 Å². The van der Waals surface area contributed by atoms with Gasteiger partial charge in [-0.3, -0.25) is 9.59 Å². The number of nitrogens with one attached hydrogen (secondary N) is 2. The van der Waals surface area contributed by atoms with Crippen molar-refractivity contribution in [2.45, 2.75) is 57.4 Å². The van der Waals surface area contributed by atoms with Gasteiger partial charge in [0.05, 0.1) is 12.7 Å². The molecule has 1 fully saturated rings. The molecule has 1 saturated carbocycles. The number of benzene rings is 2. The van der Waals surface area contributed by atoms with Crippen LogP contribution in [0.25, 0.3) is 0 Å². The highest BCUT2D eigenvalue weighted by Gasteiger charge is 2.39. The summed E-state index contributed by atoms with van der Waals surface area (Å²) in [7, 11) is 1.28. The van der Waals surface area contributed by atoms with Gasteiger partial charge in [0.15, 0.2) is 0 Å². The molecular formula is C28H34N4O5. The maximum atomic E-state index is 13.8. The number of hydrogen-bond acceptors (Lipinski definition) is 5. The average Bonchev–Trinajstić information content (AvgIpc) is 2.99. The summed E-state index contributed by atoms with van der Waals surface area (Å²) in [6.07, 6.45) is 6.01. The summed E-state index contributed by atoms with van der Waals surface area (Å²) < 4.78 is 4.74. The summed E-state index contributed by atoms with van der Waals surface area (Å²) >= 11 is 0. The topological polar surface area (TPSA) is 131 Å². The Morgan fingerprint density at radius 2 is 1.84 bits per heavy atom. The first kappa shape index (κ1) is 26.2. The van der Waals surface area contributed by atoms with E-state index in [4.69, 9.17) is 10.5 Å². The summed E-state index contributed by atoms with van der Waals surface area (Å²) in [5, 5.41) is 5.54. The summed E-state index contributed by atoms with van der Waals surface area (Å²) in [5.41, 5.74) is 8.89. The van der Waals surface area contributed by atoms with Crippen molar-refractivity contribution in [2.75, 3.05) is 23.9 Å². The Balaban J connectivity index is 1.63. The number of fused-ring (bicyclic) bond motifs is 1. The van der Waals surface area contributed by atoms with E-state index in [9.17, 15) is 19.2 Å². The molecule has 196 valence electrons. The van der Waals surface area contributed by atoms with Gasteiger partial charge in [0, 0.05) is 11.4 Å². The zero-order valence-corrected chi connectivity index (χ0v) is 21.3. The predicted octanol–water partition coefficient (Wildman–Crippen LogP) is 3.86. The van der Waals surface area contributed by atoms with E-state index in [1.807, 2.05) is 25.1 Å². The molecule has 0 saturated heterocycles. The van der Waals surface area contributed by atoms with Crippen LogP contribution in [0.3, 0.4) is 0 Å². The standard InChI is InChI=1S/C28H34N4O5/c1-17-11-12-21-22(18-7-4-3-5-8-18)15-23(26(34)32(16-25(29)33)24(21)13-17)31-28(36)30-20-10-6-9-19(14-20)27(35)37-2/h6,9-14,18,22-23H,3-5,7-8,15-16H2,1-2H3,(H2,29,33)(H2,30,31,36). The fraction of sp³-hybridized carbons (Fsp3) is 0.429. The fourth-order valence-electron chi connectivity index (χ4n) is 5.58. The Kier molecular flexibility index (Phi) is 8.11. The third-order valence-corrected chi connectivity index (χ3v) is 7.31. The van der Waals surface area contributed by atoms with E-state index in [1.165, 1.54) is 24.5 Å². The number of ether oxygens (including phenoxy) is 1. The molecule has 37 heavy (non-hydrogen) atoms. The zero-order valence-electron chi connectivity index (χ0n) is 21.3. The van der Waals surface area contributed by atoms with E-state index in [1.54, 1.807) is 18.2 Å². The fourth-order valence-corrected chi connectivity index (χ4v) is 5.58. The highest BCUT2D eigenvalue weighted by atomic mass is 16.5. The molecule has 4 amide bonds. The van der Waals surface area contributed by atoms with Crippen molar-refractivity contribution < 1.29 is 23.9 Å². The van der Waals surface area contributed by atoms with Gasteiger partial charge in [-0.25, -0.2) is 9.59 Å². The second kappa shape index (κ2) is 11.5. The van der Waals surface area contributed by atoms with Gasteiger partial charge in [-0.1, -0.05) is 37.5 Å². The van der Waals surface area contributed by atoms with Crippen molar-refractivity contribution in [3.8, 4) is 0 Å². The van der Waals surface area contributed by atoms with Crippen molar-refractivity contribution in [1.82, 2.24) is 5.32 Å². The summed E-state index contributed by atoms with van der Waals surface area (Å²) in [6, 6.07) is 10.9. The molecule has 1 heterocycles. The molecule has 4 N–H and O–H groups in total. The van der Waals surface area contributed by atoms with Crippen molar-refractivity contribution in [1.29, 1.82) is 0 Å². The number of urea groups is 1. The van der Waals surface area contributed by atoms with Gasteiger partial charge in [0.2, 0.25) is 11.8 Å². The van der Waals surface area contributed by atoms with Crippen molar-refractivity contribution in [3.63, 3.8) is 0 Å². The van der Waals surface area contributed by atoms with E-state index in [0.717, 1.165) is 36.8 Å². The highest BCUT2D eigenvalue weighted by molar-refractivity contribution is 6.05. The second-order valence-corrected chi connectivity index (χ2v) is 9.92. The van der Waals surface area contributed by atoms with Crippen LogP contribution in [0.15, 0.2) is 42.5 Å². The maximum Gasteiger partial charge on any atom is 0.337 e. The molecule has 0 bridgehead atoms. The zero-order chi connectivity index (χ0) is 26.5. The quantitative estimate of drug-likeness (QED) is 0.512. The Hall–Kier alpha value is -3.88. The minimum absolute atomic E-state index is 0.0469. The number of carbonyl (C=O) groups excluding carboxylic acids is 4. The van der Waals surface area contributed by atoms with Crippen molar-refractivity contribution in [2.24, 2.45) is 11.7 Å². The molecule has 1 aliphatic heterocycles. The SMILES string of the molecule is COC(=O)c1cccc(NC(=O)NC2CC(C3CCCCC3)c3ccc(C)cc3N(CC(N)=O)C2=O)c1. The van der Waals surface area contributed by atoms with Crippen LogP contribution >= 0.6 is 0 Å². The maximum absolute atomic E-state index is 13.8. The first-order valence-electron chi connectivity index (χ1n) is 12.7. The molecule has 1 aliphatic carbocycles. The molecule has 4 rings (SSSR count). The summed E-state index contributed by atoms with van der Waals surface area (Å²) in [6.45, 7) is 1.67. The van der Waals surface area contributed by atoms with E-state index >= 15 is 0 Å². The first-order chi connectivity index (χ1) is 17.8. The third kappa shape index (κ3) is 6.10. The van der Waals surface area contributed by atoms with E-state index in [-0.39, 0.29) is 18.4 Å². The molecule has 2 aromatic rings. The van der Waals surface area contributed by atoms with Crippen molar-refractivity contribution in [3.05, 3.63) is 59.2 Å². The molecule has 2 atom stereocenters. The summed E-state index contributed by atoms with van der Waals surface area (Å²) in [5.74, 6) is -1.10. The van der Waals surface area contributed by atoms with Gasteiger partial charge >= 0.3 is 12.0 Å². The molecule has 0 spiro atoms. The molecule has 2 unspecified atom stereocenters. The number of anilines is 2. The smallest absolute Gasteiger partial charge is 0.337 e. The molecule has 9 nitrogen and oxygen atoms in total. The van der Waals surface area contributed by atoms with E-state index < -0.39 is 23.9 Å². The molecule has 0 aromatic heterocycles. The molecular weight excluding hydrogens is 472 g/mol. The van der Waals surface area contributed by atoms with Crippen LogP contribution in [0, 0.1) is 12.8 Å². The van der Waals surface area contributed by atoms with Gasteiger partial charge < -0.3 is 26.0 Å². The minimum Gasteiger partial charge on any atom is -0.465 e. The van der Waals surface area contributed by atoms with Crippen LogP contribution < -0.4 is 21.3 Å². The normalized spacial score (nSPS) is 19.9. The number of nitrogens with two attached hydrogens (primary N) is 1. The number of esters is 1. The lowest BCUT2D eigenvalue weighted by Gasteiger charge is -2.32. The number of amides is 4. The number of nitrogens with zero attached hydrogens (tertiary/aromatic N) is 1. The summed E-state index contributed by atoms with van der Waals surface area (Å²) in [4.78, 5) is 52.0. The second-order valence-electron chi connectivity index (χ2n) is 9.92. The van der Waals surface area contributed by atoms with E-state index in [0.29, 0.717) is 29.3 Å². The number of methoxy groups -OCH3 is 1. The van der Waals surface area contributed by atoms with Gasteiger partial charge in [0.1, 0.15) is 12.6 Å². The first-order valence-corrected chi connectivity index (χ1v) is 12.7. The lowest BCUT2D eigenvalue weighted by molar-refractivity contribution is -0.123. The van der Waals surface area contributed by atoms with Gasteiger partial charge in [-0.2, -0.15) is 0 Å². The molecule has 9 heteroatoms. The van der Waals surface area contributed by atoms with Crippen LogP contribution in [0.5, 0.6) is 0 Å². The van der Waals surface area contributed by atoms with Crippen LogP contribution in [0.4, 0.5) is 16.2 Å². The largest absolute Gasteiger partial charge is 0.465 e. The number of hydrogen-bond donors (Lipinski definition) is 3. The van der Waals surface area contributed by atoms with E-state index in [2.05, 4.69) is 10.6 Å². The lowest BCUT2D eigenvalue weighted by Crippen LogP contribution is -2.51. The molecule has 2 aromatic carbocycles. The van der Waals surface area contributed by atoms with Crippen molar-refractivity contribution >= 4 is 35.2 Å². The van der Waals surface area contributed by atoms with Crippen LogP contribution in [-0.2, 0) is 14.3 Å². The predicted molar refractivity (Wildman–Crippen MR) is 140 cm³/mol. The number of carbonyl (C=O) groups is 4. The third-order valence-electron chi connectivity index (χ3n) is 7.31. The van der Waals surface area contributed by atoms with Gasteiger partial charge in [0.25, 0.3) is 0 Å². The van der Waals surface area contributed by atoms with Gasteiger partial charge in [-0.05, 0) is 73.4 Å². The lowest BCUT2D eigenvalue weighted by atomic mass is 9.74. The van der Waals surface area contributed by atoms with Crippen LogP contribution in [0.2, 0.25) is 0 Å². The number of aryl methyl sites for hydroxylation is 1. The van der Waals surface area contributed by atoms with Crippen LogP contribution in [-0.4, -0.2) is 43.5 Å². The minimum atomic E-state index is -0.859. The Bertz CT molecular complexity index is 1190. The van der Waals surface area contributed by atoms with Crippen LogP contribution in [0.1, 0.15) is 65.9 Å². The molecule has 0 radical (unpaired) electrons. The Morgan fingerprint density at radius 1 is 1.08 bits per heavy atom. The molecule has 2 aliphatic rings.